The van der Waals surface area contributed by atoms with Crippen molar-refractivity contribution in [3.05, 3.63) is 47.6 Å². The van der Waals surface area contributed by atoms with Crippen LogP contribution in [0.25, 0.3) is 5.65 Å². The largest absolute Gasteiger partial charge is 0.323 e. The maximum Gasteiger partial charge on any atom is 0.247 e. The predicted molar refractivity (Wildman–Crippen MR) is 65.5 cm³/mol. The molecule has 7 heteroatoms. The van der Waals surface area contributed by atoms with Gasteiger partial charge >= 0.3 is 0 Å². The van der Waals surface area contributed by atoms with E-state index in [0.29, 0.717) is 22.4 Å². The lowest BCUT2D eigenvalue weighted by Crippen LogP contribution is -1.93. The van der Waals surface area contributed by atoms with Gasteiger partial charge in [0.05, 0.1) is 12.4 Å². The summed E-state index contributed by atoms with van der Waals surface area (Å²) in [6.07, 6.45) is 3.07. The van der Waals surface area contributed by atoms with Gasteiger partial charge in [-0.15, -0.1) is 5.10 Å². The minimum Gasteiger partial charge on any atom is -0.323 e. The highest BCUT2D eigenvalue weighted by Crippen LogP contribution is 2.15. The summed E-state index contributed by atoms with van der Waals surface area (Å²) >= 11 is 5.74. The molecule has 0 fully saturated rings. The summed E-state index contributed by atoms with van der Waals surface area (Å²) in [6, 6.07) is 5.92. The van der Waals surface area contributed by atoms with Crippen molar-refractivity contribution < 1.29 is 4.39 Å². The van der Waals surface area contributed by atoms with Crippen LogP contribution in [-0.2, 0) is 0 Å². The Hall–Kier alpha value is -2.21. The average molecular weight is 264 g/mol. The Morgan fingerprint density at radius 2 is 2.00 bits per heavy atom. The molecule has 0 bridgehead atoms. The van der Waals surface area contributed by atoms with Crippen LogP contribution >= 0.6 is 11.6 Å². The second kappa shape index (κ2) is 4.23. The Kier molecular flexibility index (Phi) is 2.56. The molecule has 0 aliphatic rings. The van der Waals surface area contributed by atoms with Gasteiger partial charge in [0.2, 0.25) is 5.95 Å². The topological polar surface area (TPSA) is 55.1 Å². The van der Waals surface area contributed by atoms with Gasteiger partial charge < -0.3 is 5.32 Å². The molecule has 0 saturated heterocycles. The van der Waals surface area contributed by atoms with Gasteiger partial charge in [0, 0.05) is 5.69 Å². The van der Waals surface area contributed by atoms with Gasteiger partial charge in [0.1, 0.15) is 11.0 Å². The van der Waals surface area contributed by atoms with Crippen LogP contribution in [0.15, 0.2) is 36.7 Å². The Bertz CT molecular complexity index is 694. The van der Waals surface area contributed by atoms with Crippen molar-refractivity contribution in [2.24, 2.45) is 0 Å². The average Bonchev–Trinajstić information content (AvgIpc) is 2.73. The van der Waals surface area contributed by atoms with Crippen LogP contribution in [0.1, 0.15) is 0 Å². The fourth-order valence-electron chi connectivity index (χ4n) is 1.49. The summed E-state index contributed by atoms with van der Waals surface area (Å²) in [6.45, 7) is 0. The highest BCUT2D eigenvalue weighted by molar-refractivity contribution is 6.29. The van der Waals surface area contributed by atoms with Gasteiger partial charge in [-0.05, 0) is 24.3 Å². The predicted octanol–water partition coefficient (Wildman–Crippen LogP) is 2.66. The quantitative estimate of drug-likeness (QED) is 0.772. The Balaban J connectivity index is 1.92. The molecule has 1 N–H and O–H groups in total. The summed E-state index contributed by atoms with van der Waals surface area (Å²) < 4.78 is 14.3. The summed E-state index contributed by atoms with van der Waals surface area (Å²) in [4.78, 5) is 8.10. The molecule has 0 aliphatic heterocycles. The van der Waals surface area contributed by atoms with Crippen LogP contribution in [0, 0.1) is 5.82 Å². The molecule has 1 aromatic carbocycles. The van der Waals surface area contributed by atoms with E-state index in [2.05, 4.69) is 20.4 Å². The van der Waals surface area contributed by atoms with Gasteiger partial charge in [-0.1, -0.05) is 11.6 Å². The summed E-state index contributed by atoms with van der Waals surface area (Å²) in [5.74, 6) is 0.102. The zero-order chi connectivity index (χ0) is 12.5. The third-order valence-corrected chi connectivity index (χ3v) is 2.49. The number of benzene rings is 1. The second-order valence-corrected chi connectivity index (χ2v) is 3.97. The molecule has 2 aromatic heterocycles. The van der Waals surface area contributed by atoms with E-state index in [0.717, 1.165) is 0 Å². The summed E-state index contributed by atoms with van der Waals surface area (Å²) in [5, 5.41) is 7.46. The van der Waals surface area contributed by atoms with Crippen molar-refractivity contribution in [3.63, 3.8) is 0 Å². The third kappa shape index (κ3) is 2.10. The fourth-order valence-corrected chi connectivity index (χ4v) is 1.63. The lowest BCUT2D eigenvalue weighted by Gasteiger charge is -1.99. The van der Waals surface area contributed by atoms with Crippen molar-refractivity contribution in [2.45, 2.75) is 0 Å². The lowest BCUT2D eigenvalue weighted by atomic mass is 10.3. The van der Waals surface area contributed by atoms with E-state index in [9.17, 15) is 4.39 Å². The molecule has 90 valence electrons. The van der Waals surface area contributed by atoms with Crippen LogP contribution in [0.2, 0.25) is 5.15 Å². The van der Waals surface area contributed by atoms with Crippen molar-refractivity contribution in [1.29, 1.82) is 0 Å². The first-order valence-corrected chi connectivity index (χ1v) is 5.49. The highest BCUT2D eigenvalue weighted by atomic mass is 35.5. The molecule has 0 amide bonds. The number of hydrogen-bond donors (Lipinski definition) is 1. The van der Waals surface area contributed by atoms with E-state index < -0.39 is 0 Å². The SMILES string of the molecule is Fc1ccc(Nc2nc3cnc(Cl)cn3n2)cc1. The highest BCUT2D eigenvalue weighted by Gasteiger charge is 2.04. The number of nitrogens with one attached hydrogen (secondary N) is 1. The normalized spacial score (nSPS) is 10.8. The molecule has 2 heterocycles. The van der Waals surface area contributed by atoms with Gasteiger partial charge in [-0.25, -0.2) is 13.9 Å². The van der Waals surface area contributed by atoms with Gasteiger partial charge in [0.15, 0.2) is 5.65 Å². The molecular formula is C11H7ClFN5. The van der Waals surface area contributed by atoms with E-state index in [1.54, 1.807) is 18.3 Å². The number of hydrogen-bond acceptors (Lipinski definition) is 4. The van der Waals surface area contributed by atoms with Gasteiger partial charge in [-0.2, -0.15) is 4.98 Å². The van der Waals surface area contributed by atoms with Crippen molar-refractivity contribution in [2.75, 3.05) is 5.32 Å². The van der Waals surface area contributed by atoms with Gasteiger partial charge in [-0.3, -0.25) is 0 Å². The fraction of sp³-hybridized carbons (Fsp3) is 0. The molecule has 5 nitrogen and oxygen atoms in total. The first-order chi connectivity index (χ1) is 8.70. The minimum atomic E-state index is -0.292. The van der Waals surface area contributed by atoms with Crippen LogP contribution in [0.4, 0.5) is 16.0 Å². The molecule has 0 atom stereocenters. The van der Waals surface area contributed by atoms with Crippen molar-refractivity contribution in [3.8, 4) is 0 Å². The zero-order valence-corrected chi connectivity index (χ0v) is 9.76. The third-order valence-electron chi connectivity index (χ3n) is 2.29. The maximum atomic E-state index is 12.8. The number of nitrogens with zero attached hydrogens (tertiary/aromatic N) is 4. The molecule has 18 heavy (non-hydrogen) atoms. The minimum absolute atomic E-state index is 0.292. The molecule has 0 aliphatic carbocycles. The first kappa shape index (κ1) is 10.9. The maximum absolute atomic E-state index is 12.8. The molecule has 3 rings (SSSR count). The monoisotopic (exact) mass is 263 g/mol. The Morgan fingerprint density at radius 1 is 1.22 bits per heavy atom. The van der Waals surface area contributed by atoms with Crippen molar-refractivity contribution >= 4 is 28.9 Å². The molecule has 0 unspecified atom stereocenters. The van der Waals surface area contributed by atoms with E-state index >= 15 is 0 Å². The molecular weight excluding hydrogens is 257 g/mol. The van der Waals surface area contributed by atoms with Gasteiger partial charge in [0.25, 0.3) is 0 Å². The van der Waals surface area contributed by atoms with E-state index in [4.69, 9.17) is 11.6 Å². The Labute approximate surface area is 106 Å². The molecule has 3 aromatic rings. The van der Waals surface area contributed by atoms with E-state index in [-0.39, 0.29) is 5.82 Å². The number of aromatic nitrogens is 4. The van der Waals surface area contributed by atoms with Crippen LogP contribution in [0.5, 0.6) is 0 Å². The van der Waals surface area contributed by atoms with Crippen LogP contribution in [0.3, 0.4) is 0 Å². The van der Waals surface area contributed by atoms with Crippen LogP contribution < -0.4 is 5.32 Å². The number of anilines is 2. The number of rotatable bonds is 2. The molecule has 0 radical (unpaired) electrons. The smallest absolute Gasteiger partial charge is 0.247 e. The number of fused-ring (bicyclic) bond motifs is 1. The molecule has 0 saturated carbocycles. The summed E-state index contributed by atoms with van der Waals surface area (Å²) in [7, 11) is 0. The standard InChI is InChI=1S/C11H7ClFN5/c12-9-6-18-10(5-14-9)16-11(17-18)15-8-3-1-7(13)2-4-8/h1-6H,(H,15,17). The second-order valence-electron chi connectivity index (χ2n) is 3.58. The summed E-state index contributed by atoms with van der Waals surface area (Å²) in [5.41, 5.74) is 1.27. The van der Waals surface area contributed by atoms with Crippen LogP contribution in [-0.4, -0.2) is 19.6 Å². The molecule has 0 spiro atoms. The van der Waals surface area contributed by atoms with E-state index in [1.165, 1.54) is 22.8 Å². The first-order valence-electron chi connectivity index (χ1n) is 5.11. The van der Waals surface area contributed by atoms with Crippen molar-refractivity contribution in [1.82, 2.24) is 19.6 Å². The van der Waals surface area contributed by atoms with E-state index in [1.807, 2.05) is 0 Å². The number of halogens is 2. The Morgan fingerprint density at radius 3 is 2.78 bits per heavy atom. The zero-order valence-electron chi connectivity index (χ0n) is 9.01. The lowest BCUT2D eigenvalue weighted by molar-refractivity contribution is 0.628.